The van der Waals surface area contributed by atoms with Crippen LogP contribution in [0.1, 0.15) is 18.3 Å². The Balaban J connectivity index is 2.04. The van der Waals surface area contributed by atoms with Gasteiger partial charge in [-0.05, 0) is 24.2 Å². The molecule has 0 spiro atoms. The molecule has 0 radical (unpaired) electrons. The first-order valence-electron chi connectivity index (χ1n) is 6.12. The number of imidazole rings is 1. The summed E-state index contributed by atoms with van der Waals surface area (Å²) in [5.74, 6) is 0.841. The molecule has 1 aromatic carbocycles. The molecule has 0 atom stereocenters. The van der Waals surface area contributed by atoms with Crippen LogP contribution in [0.15, 0.2) is 36.7 Å². The molecule has 96 valence electrons. The largest absolute Gasteiger partial charge is 0.337 e. The molecule has 0 aliphatic heterocycles. The van der Waals surface area contributed by atoms with Crippen LogP contribution >= 0.6 is 0 Å². The summed E-state index contributed by atoms with van der Waals surface area (Å²) in [6.07, 6.45) is 3.73. The Morgan fingerprint density at radius 1 is 1.33 bits per heavy atom. The number of hydrogen-bond acceptors (Lipinski definition) is 2. The van der Waals surface area contributed by atoms with Crippen LogP contribution in [0.5, 0.6) is 0 Å². The number of aromatic nitrogens is 2. The minimum Gasteiger partial charge on any atom is -0.337 e. The average Bonchev–Trinajstić information content (AvgIpc) is 2.74. The average molecular weight is 247 g/mol. The van der Waals surface area contributed by atoms with Gasteiger partial charge in [-0.2, -0.15) is 0 Å². The van der Waals surface area contributed by atoms with E-state index in [-0.39, 0.29) is 5.82 Å². The number of aryl methyl sites for hydroxylation is 1. The van der Waals surface area contributed by atoms with Crippen molar-refractivity contribution in [3.05, 3.63) is 53.9 Å². The molecule has 0 unspecified atom stereocenters. The van der Waals surface area contributed by atoms with Crippen molar-refractivity contribution in [1.82, 2.24) is 14.5 Å². The van der Waals surface area contributed by atoms with Crippen LogP contribution < -0.4 is 0 Å². The fraction of sp³-hybridized carbons (Fsp3) is 0.357. The van der Waals surface area contributed by atoms with Gasteiger partial charge in [0.2, 0.25) is 0 Å². The summed E-state index contributed by atoms with van der Waals surface area (Å²) >= 11 is 0. The molecule has 3 nitrogen and oxygen atoms in total. The molecule has 0 aliphatic carbocycles. The van der Waals surface area contributed by atoms with E-state index in [4.69, 9.17) is 0 Å². The summed E-state index contributed by atoms with van der Waals surface area (Å²) in [5, 5.41) is 0. The van der Waals surface area contributed by atoms with Gasteiger partial charge in [-0.25, -0.2) is 9.37 Å². The molecule has 2 rings (SSSR count). The maximum atomic E-state index is 13.1. The summed E-state index contributed by atoms with van der Waals surface area (Å²) in [5.41, 5.74) is 0.992. The van der Waals surface area contributed by atoms with Crippen molar-refractivity contribution < 1.29 is 4.39 Å². The standard InChI is InChI=1S/C14H18FN3/c1-3-18(11-14-16-7-8-17(14)2)10-12-5-4-6-13(15)9-12/h4-9H,3,10-11H2,1-2H3. The van der Waals surface area contributed by atoms with Crippen LogP contribution in [-0.2, 0) is 20.1 Å². The van der Waals surface area contributed by atoms with Crippen LogP contribution in [0.3, 0.4) is 0 Å². The van der Waals surface area contributed by atoms with Crippen LogP contribution in [0.4, 0.5) is 4.39 Å². The Morgan fingerprint density at radius 3 is 2.78 bits per heavy atom. The Bertz CT molecular complexity index is 507. The van der Waals surface area contributed by atoms with Gasteiger partial charge in [0.15, 0.2) is 0 Å². The Hall–Kier alpha value is -1.68. The van der Waals surface area contributed by atoms with Crippen LogP contribution in [0.2, 0.25) is 0 Å². The van der Waals surface area contributed by atoms with E-state index in [1.165, 1.54) is 6.07 Å². The Kier molecular flexibility index (Phi) is 4.10. The van der Waals surface area contributed by atoms with E-state index in [1.54, 1.807) is 18.3 Å². The summed E-state index contributed by atoms with van der Waals surface area (Å²) in [6.45, 7) is 4.52. The Labute approximate surface area is 107 Å². The van der Waals surface area contributed by atoms with Gasteiger partial charge < -0.3 is 4.57 Å². The van der Waals surface area contributed by atoms with Crippen molar-refractivity contribution >= 4 is 0 Å². The summed E-state index contributed by atoms with van der Waals surface area (Å²) < 4.78 is 15.1. The van der Waals surface area contributed by atoms with Gasteiger partial charge in [0.05, 0.1) is 6.54 Å². The van der Waals surface area contributed by atoms with Gasteiger partial charge in [-0.3, -0.25) is 4.90 Å². The lowest BCUT2D eigenvalue weighted by Crippen LogP contribution is -2.24. The van der Waals surface area contributed by atoms with Gasteiger partial charge >= 0.3 is 0 Å². The summed E-state index contributed by atoms with van der Waals surface area (Å²) in [7, 11) is 1.98. The maximum Gasteiger partial charge on any atom is 0.123 e. The second-order valence-corrected chi connectivity index (χ2v) is 4.39. The van der Waals surface area contributed by atoms with Crippen molar-refractivity contribution in [2.45, 2.75) is 20.0 Å². The van der Waals surface area contributed by atoms with E-state index in [0.717, 1.165) is 31.0 Å². The molecular formula is C14H18FN3. The minimum atomic E-state index is -0.180. The molecule has 4 heteroatoms. The fourth-order valence-corrected chi connectivity index (χ4v) is 1.92. The van der Waals surface area contributed by atoms with E-state index in [2.05, 4.69) is 16.8 Å². The normalized spacial score (nSPS) is 11.1. The van der Waals surface area contributed by atoms with Crippen molar-refractivity contribution in [2.75, 3.05) is 6.54 Å². The quantitative estimate of drug-likeness (QED) is 0.809. The highest BCUT2D eigenvalue weighted by molar-refractivity contribution is 5.16. The smallest absolute Gasteiger partial charge is 0.123 e. The predicted octanol–water partition coefficient (Wildman–Crippen LogP) is 2.58. The van der Waals surface area contributed by atoms with E-state index < -0.39 is 0 Å². The Morgan fingerprint density at radius 2 is 2.17 bits per heavy atom. The van der Waals surface area contributed by atoms with Crippen LogP contribution in [0.25, 0.3) is 0 Å². The highest BCUT2D eigenvalue weighted by atomic mass is 19.1. The molecule has 1 aromatic heterocycles. The zero-order chi connectivity index (χ0) is 13.0. The lowest BCUT2D eigenvalue weighted by molar-refractivity contribution is 0.261. The van der Waals surface area contributed by atoms with Gasteiger partial charge in [-0.15, -0.1) is 0 Å². The molecule has 0 amide bonds. The molecule has 0 saturated carbocycles. The van der Waals surface area contributed by atoms with Gasteiger partial charge in [0.25, 0.3) is 0 Å². The van der Waals surface area contributed by atoms with E-state index in [1.807, 2.05) is 23.9 Å². The molecule has 0 bridgehead atoms. The molecule has 2 aromatic rings. The first-order chi connectivity index (χ1) is 8.69. The molecule has 0 aliphatic rings. The highest BCUT2D eigenvalue weighted by Gasteiger charge is 2.08. The summed E-state index contributed by atoms with van der Waals surface area (Å²) in [4.78, 5) is 6.54. The second-order valence-electron chi connectivity index (χ2n) is 4.39. The van der Waals surface area contributed by atoms with Crippen molar-refractivity contribution in [2.24, 2.45) is 7.05 Å². The second kappa shape index (κ2) is 5.78. The minimum absolute atomic E-state index is 0.180. The highest BCUT2D eigenvalue weighted by Crippen LogP contribution is 2.09. The van der Waals surface area contributed by atoms with Crippen LogP contribution in [-0.4, -0.2) is 21.0 Å². The maximum absolute atomic E-state index is 13.1. The molecule has 0 N–H and O–H groups in total. The van der Waals surface area contributed by atoms with Gasteiger partial charge in [0.1, 0.15) is 11.6 Å². The molecule has 0 saturated heterocycles. The number of hydrogen-bond donors (Lipinski definition) is 0. The predicted molar refractivity (Wildman–Crippen MR) is 69.4 cm³/mol. The van der Waals surface area contributed by atoms with Crippen molar-refractivity contribution in [3.63, 3.8) is 0 Å². The molecule has 18 heavy (non-hydrogen) atoms. The van der Waals surface area contributed by atoms with Crippen LogP contribution in [0, 0.1) is 5.82 Å². The lowest BCUT2D eigenvalue weighted by atomic mass is 10.2. The fourth-order valence-electron chi connectivity index (χ4n) is 1.92. The molecule has 1 heterocycles. The monoisotopic (exact) mass is 247 g/mol. The van der Waals surface area contributed by atoms with E-state index in [9.17, 15) is 4.39 Å². The van der Waals surface area contributed by atoms with E-state index in [0.29, 0.717) is 0 Å². The zero-order valence-electron chi connectivity index (χ0n) is 10.8. The first-order valence-corrected chi connectivity index (χ1v) is 6.12. The lowest BCUT2D eigenvalue weighted by Gasteiger charge is -2.20. The third-order valence-corrected chi connectivity index (χ3v) is 3.03. The van der Waals surface area contributed by atoms with E-state index >= 15 is 0 Å². The van der Waals surface area contributed by atoms with Crippen molar-refractivity contribution in [1.29, 1.82) is 0 Å². The third kappa shape index (κ3) is 3.17. The topological polar surface area (TPSA) is 21.1 Å². The summed E-state index contributed by atoms with van der Waals surface area (Å²) in [6, 6.07) is 6.75. The van der Waals surface area contributed by atoms with Crippen molar-refractivity contribution in [3.8, 4) is 0 Å². The first kappa shape index (κ1) is 12.8. The number of rotatable bonds is 5. The number of halogens is 1. The van der Waals surface area contributed by atoms with Gasteiger partial charge in [0, 0.05) is 26.0 Å². The SMILES string of the molecule is CCN(Cc1cccc(F)c1)Cc1nccn1C. The zero-order valence-corrected chi connectivity index (χ0v) is 10.8. The van der Waals surface area contributed by atoms with Gasteiger partial charge in [-0.1, -0.05) is 19.1 Å². The molecule has 0 fully saturated rings. The third-order valence-electron chi connectivity index (χ3n) is 3.03. The molecular weight excluding hydrogens is 229 g/mol. The number of nitrogens with zero attached hydrogens (tertiary/aromatic N) is 3. The number of benzene rings is 1.